The molecule has 2 aromatic heterocycles. The Labute approximate surface area is 78.2 Å². The van der Waals surface area contributed by atoms with Crippen molar-refractivity contribution in [3.63, 3.8) is 0 Å². The van der Waals surface area contributed by atoms with Crippen LogP contribution in [0.15, 0.2) is 12.1 Å². The van der Waals surface area contributed by atoms with Gasteiger partial charge < -0.3 is 0 Å². The number of nitrogens with zero attached hydrogens (tertiary/aromatic N) is 1. The van der Waals surface area contributed by atoms with Gasteiger partial charge in [-0.1, -0.05) is 0 Å². The fourth-order valence-electron chi connectivity index (χ4n) is 1.47. The minimum atomic E-state index is 0.563. The SMILES string of the molecule is Cc1cc2[se]c(C)cc2c(C)n1. The van der Waals surface area contributed by atoms with Crippen LogP contribution in [0.2, 0.25) is 0 Å². The number of hydrogen-bond donors (Lipinski definition) is 0. The van der Waals surface area contributed by atoms with Gasteiger partial charge in [-0.3, -0.25) is 0 Å². The molecular weight excluding hydrogens is 213 g/mol. The molecule has 0 N–H and O–H groups in total. The Morgan fingerprint density at radius 2 is 1.92 bits per heavy atom. The number of fused-ring (bicyclic) bond motifs is 1. The summed E-state index contributed by atoms with van der Waals surface area (Å²) in [6.45, 7) is 6.36. The Kier molecular flexibility index (Phi) is 1.82. The van der Waals surface area contributed by atoms with E-state index in [1.165, 1.54) is 19.8 Å². The summed E-state index contributed by atoms with van der Waals surface area (Å²) < 4.78 is 3.01. The van der Waals surface area contributed by atoms with Crippen molar-refractivity contribution < 1.29 is 0 Å². The minimum absolute atomic E-state index is 0.563. The summed E-state index contributed by atoms with van der Waals surface area (Å²) in [4.78, 5) is 4.45. The Bertz CT molecular complexity index is 429. The van der Waals surface area contributed by atoms with Crippen LogP contribution in [0.5, 0.6) is 0 Å². The van der Waals surface area contributed by atoms with E-state index in [0.29, 0.717) is 14.5 Å². The van der Waals surface area contributed by atoms with Gasteiger partial charge in [-0.2, -0.15) is 0 Å². The Balaban J connectivity index is 2.88. The quantitative estimate of drug-likeness (QED) is 0.625. The van der Waals surface area contributed by atoms with Crippen molar-refractivity contribution in [3.05, 3.63) is 28.0 Å². The maximum absolute atomic E-state index is 4.45. The third-order valence-electron chi connectivity index (χ3n) is 1.96. The molecule has 1 nitrogen and oxygen atoms in total. The first-order valence-electron chi connectivity index (χ1n) is 4.01. The molecule has 0 unspecified atom stereocenters. The van der Waals surface area contributed by atoms with Crippen molar-refractivity contribution >= 4 is 24.1 Å². The molecule has 0 saturated heterocycles. The van der Waals surface area contributed by atoms with Gasteiger partial charge in [0, 0.05) is 0 Å². The van der Waals surface area contributed by atoms with Crippen LogP contribution in [0.25, 0.3) is 9.65 Å². The maximum atomic E-state index is 4.45. The van der Waals surface area contributed by atoms with E-state index in [4.69, 9.17) is 0 Å². The first kappa shape index (κ1) is 8.03. The molecule has 0 aromatic carbocycles. The van der Waals surface area contributed by atoms with Crippen LogP contribution in [0.1, 0.15) is 15.8 Å². The van der Waals surface area contributed by atoms with Crippen molar-refractivity contribution in [2.75, 3.05) is 0 Å². The number of aryl methyl sites for hydroxylation is 3. The summed E-state index contributed by atoms with van der Waals surface area (Å²) >= 11 is 0.563. The summed E-state index contributed by atoms with van der Waals surface area (Å²) in [5.74, 6) is 0. The third kappa shape index (κ3) is 1.21. The predicted octanol–water partition coefficient (Wildman–Crippen LogP) is 2.22. The molecule has 0 radical (unpaired) electrons. The average Bonchev–Trinajstić information content (AvgIpc) is 2.29. The van der Waals surface area contributed by atoms with Crippen molar-refractivity contribution in [3.8, 4) is 0 Å². The number of rotatable bonds is 0. The van der Waals surface area contributed by atoms with Gasteiger partial charge >= 0.3 is 77.9 Å². The van der Waals surface area contributed by atoms with Crippen LogP contribution < -0.4 is 0 Å². The number of hydrogen-bond acceptors (Lipinski definition) is 1. The van der Waals surface area contributed by atoms with Crippen LogP contribution in [-0.4, -0.2) is 19.5 Å². The normalized spacial score (nSPS) is 10.9. The van der Waals surface area contributed by atoms with Gasteiger partial charge in [-0.25, -0.2) is 0 Å². The van der Waals surface area contributed by atoms with Crippen LogP contribution >= 0.6 is 0 Å². The van der Waals surface area contributed by atoms with Crippen molar-refractivity contribution in [1.29, 1.82) is 0 Å². The third-order valence-corrected chi connectivity index (χ3v) is 4.05. The molecule has 0 fully saturated rings. The second-order valence-electron chi connectivity index (χ2n) is 3.12. The first-order valence-corrected chi connectivity index (χ1v) is 5.72. The van der Waals surface area contributed by atoms with Gasteiger partial charge in [0.15, 0.2) is 0 Å². The fourth-order valence-corrected chi connectivity index (χ4v) is 3.71. The van der Waals surface area contributed by atoms with Crippen LogP contribution in [-0.2, 0) is 0 Å². The van der Waals surface area contributed by atoms with Gasteiger partial charge in [-0.15, -0.1) is 0 Å². The molecule has 2 rings (SSSR count). The molecular formula is C10H11NSe. The fraction of sp³-hybridized carbons (Fsp3) is 0.300. The molecule has 0 saturated carbocycles. The van der Waals surface area contributed by atoms with Gasteiger partial charge in [0.2, 0.25) is 0 Å². The van der Waals surface area contributed by atoms with Crippen LogP contribution in [0.3, 0.4) is 0 Å². The van der Waals surface area contributed by atoms with Crippen LogP contribution in [0.4, 0.5) is 0 Å². The van der Waals surface area contributed by atoms with E-state index in [9.17, 15) is 0 Å². The molecule has 62 valence electrons. The summed E-state index contributed by atoms with van der Waals surface area (Å²) in [5, 5.41) is 1.37. The van der Waals surface area contributed by atoms with Gasteiger partial charge in [0.05, 0.1) is 0 Å². The van der Waals surface area contributed by atoms with Gasteiger partial charge in [-0.05, 0) is 0 Å². The zero-order valence-corrected chi connectivity index (χ0v) is 9.22. The monoisotopic (exact) mass is 225 g/mol. The van der Waals surface area contributed by atoms with Crippen molar-refractivity contribution in [1.82, 2.24) is 4.98 Å². The molecule has 0 spiro atoms. The van der Waals surface area contributed by atoms with Crippen molar-refractivity contribution in [2.24, 2.45) is 0 Å². The van der Waals surface area contributed by atoms with E-state index >= 15 is 0 Å². The molecule has 0 amide bonds. The van der Waals surface area contributed by atoms with Gasteiger partial charge in [0.25, 0.3) is 0 Å². The number of pyridine rings is 1. The molecule has 0 aliphatic carbocycles. The Morgan fingerprint density at radius 3 is 2.67 bits per heavy atom. The van der Waals surface area contributed by atoms with E-state index < -0.39 is 0 Å². The van der Waals surface area contributed by atoms with E-state index in [1.54, 1.807) is 0 Å². The summed E-state index contributed by atoms with van der Waals surface area (Å²) in [6, 6.07) is 4.49. The van der Waals surface area contributed by atoms with Crippen LogP contribution in [0, 0.1) is 20.8 Å². The summed E-state index contributed by atoms with van der Waals surface area (Å²) in [6.07, 6.45) is 0. The van der Waals surface area contributed by atoms with E-state index in [1.807, 2.05) is 0 Å². The first-order chi connectivity index (χ1) is 5.66. The summed E-state index contributed by atoms with van der Waals surface area (Å²) in [5.41, 5.74) is 2.33. The molecule has 12 heavy (non-hydrogen) atoms. The zero-order chi connectivity index (χ0) is 8.72. The number of aromatic nitrogens is 1. The average molecular weight is 224 g/mol. The van der Waals surface area contributed by atoms with Gasteiger partial charge in [0.1, 0.15) is 0 Å². The molecule has 0 bridgehead atoms. The molecule has 2 aromatic rings. The van der Waals surface area contributed by atoms with E-state index in [2.05, 4.69) is 37.9 Å². The van der Waals surface area contributed by atoms with E-state index in [-0.39, 0.29) is 0 Å². The molecule has 0 aliphatic heterocycles. The molecule has 2 heteroatoms. The molecule has 2 heterocycles. The zero-order valence-electron chi connectivity index (χ0n) is 7.51. The Morgan fingerprint density at radius 1 is 1.17 bits per heavy atom. The van der Waals surface area contributed by atoms with E-state index in [0.717, 1.165) is 5.69 Å². The molecule has 0 aliphatic rings. The summed E-state index contributed by atoms with van der Waals surface area (Å²) in [7, 11) is 0. The predicted molar refractivity (Wildman–Crippen MR) is 52.9 cm³/mol. The topological polar surface area (TPSA) is 12.9 Å². The Hall–Kier alpha value is -0.591. The molecule has 0 atom stereocenters. The van der Waals surface area contributed by atoms with Crippen molar-refractivity contribution in [2.45, 2.75) is 20.8 Å². The second kappa shape index (κ2) is 2.72. The second-order valence-corrected chi connectivity index (χ2v) is 5.82. The standard InChI is InChI=1S/C10H11NSe/c1-6-4-10-9(8(3)11-6)5-7(2)12-10/h4-5H,1-3H3.